The Bertz CT molecular complexity index is 797. The summed E-state index contributed by atoms with van der Waals surface area (Å²) in [6, 6.07) is 11.4. The molecule has 6 heteroatoms. The van der Waals surface area contributed by atoms with E-state index in [1.807, 2.05) is 12.1 Å². The van der Waals surface area contributed by atoms with Crippen molar-refractivity contribution >= 4 is 29.0 Å². The third kappa shape index (κ3) is 2.60. The van der Waals surface area contributed by atoms with Gasteiger partial charge in [0.2, 0.25) is 0 Å². The third-order valence-corrected chi connectivity index (χ3v) is 3.69. The molecule has 2 aromatic carbocycles. The second kappa shape index (κ2) is 5.39. The van der Waals surface area contributed by atoms with Crippen molar-refractivity contribution in [3.05, 3.63) is 58.3 Å². The Morgan fingerprint density at radius 2 is 1.76 bits per heavy atom. The van der Waals surface area contributed by atoms with Crippen LogP contribution in [-0.4, -0.2) is 10.2 Å². The van der Waals surface area contributed by atoms with Crippen molar-refractivity contribution in [3.63, 3.8) is 0 Å². The molecule has 0 bridgehead atoms. The number of nitrogens with zero attached hydrogens (tertiary/aromatic N) is 1. The van der Waals surface area contributed by atoms with Crippen molar-refractivity contribution in [1.82, 2.24) is 10.2 Å². The summed E-state index contributed by atoms with van der Waals surface area (Å²) in [4.78, 5) is 0. The molecule has 21 heavy (non-hydrogen) atoms. The fourth-order valence-corrected chi connectivity index (χ4v) is 2.53. The maximum atomic E-state index is 13.2. The van der Waals surface area contributed by atoms with Gasteiger partial charge in [0.25, 0.3) is 0 Å². The average molecular weight is 322 g/mol. The number of rotatable bonds is 2. The Labute approximate surface area is 130 Å². The first-order valence-corrected chi connectivity index (χ1v) is 6.87. The number of hydrogen-bond acceptors (Lipinski definition) is 2. The molecule has 0 radical (unpaired) electrons. The molecule has 3 N–H and O–H groups in total. The molecule has 106 valence electrons. The van der Waals surface area contributed by atoms with E-state index in [1.165, 1.54) is 12.1 Å². The molecular weight excluding hydrogens is 312 g/mol. The van der Waals surface area contributed by atoms with Crippen LogP contribution in [0.2, 0.25) is 10.0 Å². The van der Waals surface area contributed by atoms with Gasteiger partial charge in [0.1, 0.15) is 5.82 Å². The predicted octanol–water partition coefficient (Wildman–Crippen LogP) is 4.77. The summed E-state index contributed by atoms with van der Waals surface area (Å²) in [5, 5.41) is 7.81. The molecule has 3 aromatic rings. The minimum Gasteiger partial charge on any atom is -0.382 e. The second-order valence-corrected chi connectivity index (χ2v) is 5.33. The molecule has 0 spiro atoms. The van der Waals surface area contributed by atoms with Gasteiger partial charge < -0.3 is 5.73 Å². The molecule has 0 unspecified atom stereocenters. The summed E-state index contributed by atoms with van der Waals surface area (Å²) in [7, 11) is 0. The Hall–Kier alpha value is -2.04. The second-order valence-electron chi connectivity index (χ2n) is 4.49. The lowest BCUT2D eigenvalue weighted by Gasteiger charge is -2.07. The number of anilines is 1. The van der Waals surface area contributed by atoms with Gasteiger partial charge in [0, 0.05) is 16.1 Å². The molecule has 3 nitrogen and oxygen atoms in total. The number of halogens is 3. The highest BCUT2D eigenvalue weighted by Gasteiger charge is 2.17. The SMILES string of the molecule is Nc1n[nH]c(-c2ccc(Cl)cc2)c1-c1ccc(F)cc1Cl. The van der Waals surface area contributed by atoms with Gasteiger partial charge in [-0.1, -0.05) is 35.3 Å². The van der Waals surface area contributed by atoms with Gasteiger partial charge >= 0.3 is 0 Å². The van der Waals surface area contributed by atoms with Crippen LogP contribution in [0.5, 0.6) is 0 Å². The molecule has 0 fully saturated rings. The zero-order valence-corrected chi connectivity index (χ0v) is 12.2. The van der Waals surface area contributed by atoms with Gasteiger partial charge in [0.05, 0.1) is 16.3 Å². The molecule has 0 aliphatic rings. The molecule has 1 aromatic heterocycles. The topological polar surface area (TPSA) is 54.7 Å². The van der Waals surface area contributed by atoms with Crippen molar-refractivity contribution in [2.24, 2.45) is 0 Å². The van der Waals surface area contributed by atoms with E-state index in [-0.39, 0.29) is 5.02 Å². The van der Waals surface area contributed by atoms with Gasteiger partial charge in [-0.05, 0) is 30.3 Å². The Balaban J connectivity index is 2.19. The standard InChI is InChI=1S/C15H10Cl2FN3/c16-9-3-1-8(2-4-9)14-13(15(19)21-20-14)11-6-5-10(18)7-12(11)17/h1-7H,(H3,19,20,21). The molecule has 1 heterocycles. The fourth-order valence-electron chi connectivity index (χ4n) is 2.15. The van der Waals surface area contributed by atoms with Gasteiger partial charge in [0.15, 0.2) is 5.82 Å². The third-order valence-electron chi connectivity index (χ3n) is 3.13. The van der Waals surface area contributed by atoms with E-state index in [2.05, 4.69) is 10.2 Å². The minimum absolute atomic E-state index is 0.276. The first-order chi connectivity index (χ1) is 10.1. The van der Waals surface area contributed by atoms with Gasteiger partial charge in [-0.25, -0.2) is 4.39 Å². The van der Waals surface area contributed by atoms with Crippen LogP contribution in [0.4, 0.5) is 10.2 Å². The molecule has 0 saturated carbocycles. The van der Waals surface area contributed by atoms with Crippen LogP contribution < -0.4 is 5.73 Å². The minimum atomic E-state index is -0.404. The lowest BCUT2D eigenvalue weighted by molar-refractivity contribution is 0.628. The number of nitrogens with one attached hydrogen (secondary N) is 1. The first-order valence-electron chi connectivity index (χ1n) is 6.11. The largest absolute Gasteiger partial charge is 0.382 e. The molecule has 3 rings (SSSR count). The van der Waals surface area contributed by atoms with E-state index in [0.717, 1.165) is 5.56 Å². The molecule has 0 aliphatic carbocycles. The summed E-state index contributed by atoms with van der Waals surface area (Å²) in [6.07, 6.45) is 0. The Kier molecular flexibility index (Phi) is 3.57. The zero-order valence-electron chi connectivity index (χ0n) is 10.7. The molecule has 0 amide bonds. The van der Waals surface area contributed by atoms with E-state index in [9.17, 15) is 4.39 Å². The normalized spacial score (nSPS) is 10.8. The smallest absolute Gasteiger partial charge is 0.153 e. The first kappa shape index (κ1) is 13.9. The van der Waals surface area contributed by atoms with E-state index in [1.54, 1.807) is 18.2 Å². The molecule has 0 aliphatic heterocycles. The average Bonchev–Trinajstić information content (AvgIpc) is 2.82. The van der Waals surface area contributed by atoms with Crippen LogP contribution >= 0.6 is 23.2 Å². The number of aromatic amines is 1. The number of aromatic nitrogens is 2. The van der Waals surface area contributed by atoms with Gasteiger partial charge in [-0.3, -0.25) is 5.10 Å². The van der Waals surface area contributed by atoms with E-state index in [0.29, 0.717) is 27.7 Å². The van der Waals surface area contributed by atoms with Crippen LogP contribution in [0.15, 0.2) is 42.5 Å². The Morgan fingerprint density at radius 1 is 1.05 bits per heavy atom. The quantitative estimate of drug-likeness (QED) is 0.714. The highest BCUT2D eigenvalue weighted by Crippen LogP contribution is 2.38. The van der Waals surface area contributed by atoms with E-state index >= 15 is 0 Å². The summed E-state index contributed by atoms with van der Waals surface area (Å²) in [5.74, 6) is -0.104. The molecular formula is C15H10Cl2FN3. The zero-order chi connectivity index (χ0) is 15.0. The highest BCUT2D eigenvalue weighted by molar-refractivity contribution is 6.33. The van der Waals surface area contributed by atoms with E-state index in [4.69, 9.17) is 28.9 Å². The predicted molar refractivity (Wildman–Crippen MR) is 83.9 cm³/mol. The fraction of sp³-hybridized carbons (Fsp3) is 0. The lowest BCUT2D eigenvalue weighted by Crippen LogP contribution is -1.90. The van der Waals surface area contributed by atoms with Crippen LogP contribution in [0, 0.1) is 5.82 Å². The van der Waals surface area contributed by atoms with Crippen molar-refractivity contribution in [1.29, 1.82) is 0 Å². The number of benzene rings is 2. The monoisotopic (exact) mass is 321 g/mol. The van der Waals surface area contributed by atoms with Crippen molar-refractivity contribution < 1.29 is 4.39 Å². The van der Waals surface area contributed by atoms with Crippen molar-refractivity contribution in [3.8, 4) is 22.4 Å². The summed E-state index contributed by atoms with van der Waals surface area (Å²) >= 11 is 12.0. The number of nitrogen functional groups attached to an aromatic ring is 1. The summed E-state index contributed by atoms with van der Waals surface area (Å²) in [5.41, 5.74) is 8.75. The van der Waals surface area contributed by atoms with Crippen LogP contribution in [0.25, 0.3) is 22.4 Å². The highest BCUT2D eigenvalue weighted by atomic mass is 35.5. The van der Waals surface area contributed by atoms with Crippen LogP contribution in [0.1, 0.15) is 0 Å². The summed E-state index contributed by atoms with van der Waals surface area (Å²) < 4.78 is 13.2. The molecule has 0 atom stereocenters. The maximum Gasteiger partial charge on any atom is 0.153 e. The van der Waals surface area contributed by atoms with E-state index < -0.39 is 5.82 Å². The molecule has 0 saturated heterocycles. The Morgan fingerprint density at radius 3 is 2.43 bits per heavy atom. The maximum absolute atomic E-state index is 13.2. The van der Waals surface area contributed by atoms with Crippen molar-refractivity contribution in [2.75, 3.05) is 5.73 Å². The summed E-state index contributed by atoms with van der Waals surface area (Å²) in [6.45, 7) is 0. The van der Waals surface area contributed by atoms with Crippen LogP contribution in [0.3, 0.4) is 0 Å². The van der Waals surface area contributed by atoms with Crippen molar-refractivity contribution in [2.45, 2.75) is 0 Å². The number of H-pyrrole nitrogens is 1. The van der Waals surface area contributed by atoms with Gasteiger partial charge in [-0.2, -0.15) is 5.10 Å². The van der Waals surface area contributed by atoms with Gasteiger partial charge in [-0.15, -0.1) is 0 Å². The van der Waals surface area contributed by atoms with Crippen LogP contribution in [-0.2, 0) is 0 Å². The lowest BCUT2D eigenvalue weighted by atomic mass is 10.0. The number of nitrogens with two attached hydrogens (primary N) is 1. The number of hydrogen-bond donors (Lipinski definition) is 2.